The Hall–Kier alpha value is -3.98. The van der Waals surface area contributed by atoms with Gasteiger partial charge in [0, 0.05) is 16.1 Å². The van der Waals surface area contributed by atoms with Crippen LogP contribution in [0.4, 0.5) is 5.69 Å². The highest BCUT2D eigenvalue weighted by Crippen LogP contribution is 2.25. The fraction of sp³-hybridized carbons (Fsp3) is 0.136. The molecule has 0 atom stereocenters. The predicted molar refractivity (Wildman–Crippen MR) is 120 cm³/mol. The van der Waals surface area contributed by atoms with E-state index in [1.807, 2.05) is 24.3 Å². The highest BCUT2D eigenvalue weighted by Gasteiger charge is 2.19. The zero-order chi connectivity index (χ0) is 22.2. The number of hydrogen-bond acceptors (Lipinski definition) is 6. The van der Waals surface area contributed by atoms with E-state index >= 15 is 0 Å². The van der Waals surface area contributed by atoms with Gasteiger partial charge in [0.15, 0.2) is 5.82 Å². The van der Waals surface area contributed by atoms with Crippen molar-refractivity contribution in [2.75, 3.05) is 5.32 Å². The highest BCUT2D eigenvalue weighted by atomic mass is 35.5. The number of amides is 1. The van der Waals surface area contributed by atoms with Crippen LogP contribution in [0, 0.1) is 6.92 Å². The van der Waals surface area contributed by atoms with Crippen LogP contribution in [0.2, 0.25) is 5.02 Å². The van der Waals surface area contributed by atoms with Gasteiger partial charge < -0.3 is 14.4 Å². The summed E-state index contributed by atoms with van der Waals surface area (Å²) in [6.07, 6.45) is 1.45. The van der Waals surface area contributed by atoms with Crippen LogP contribution in [0.3, 0.4) is 0 Å². The number of hydrogen-bond donors (Lipinski definition) is 1. The fourth-order valence-electron chi connectivity index (χ4n) is 3.69. The lowest BCUT2D eigenvalue weighted by molar-refractivity contribution is -0.116. The maximum Gasteiger partial charge on any atom is 0.278 e. The van der Waals surface area contributed by atoms with Crippen molar-refractivity contribution in [2.24, 2.45) is 0 Å². The zero-order valence-corrected chi connectivity index (χ0v) is 17.7. The molecule has 0 fully saturated rings. The molecule has 0 bridgehead atoms. The first kappa shape index (κ1) is 20.0. The van der Waals surface area contributed by atoms with E-state index in [-0.39, 0.29) is 24.6 Å². The second-order valence-corrected chi connectivity index (χ2v) is 7.71. The Balaban J connectivity index is 1.58. The van der Waals surface area contributed by atoms with Gasteiger partial charge in [0.2, 0.25) is 11.8 Å². The van der Waals surface area contributed by atoms with Gasteiger partial charge in [-0.25, -0.2) is 4.98 Å². The monoisotopic (exact) mass is 448 g/mol. The van der Waals surface area contributed by atoms with E-state index in [1.54, 1.807) is 35.8 Å². The molecule has 0 aliphatic heterocycles. The number of benzene rings is 2. The molecule has 0 spiro atoms. The molecule has 1 amide bonds. The number of carbonyl (C=O) groups is 1. The van der Waals surface area contributed by atoms with Crippen LogP contribution in [-0.2, 0) is 17.9 Å². The molecule has 5 rings (SSSR count). The van der Waals surface area contributed by atoms with Crippen LogP contribution in [0.25, 0.3) is 21.9 Å². The molecule has 0 aliphatic carbocycles. The molecule has 9 nitrogen and oxygen atoms in total. The Morgan fingerprint density at radius 2 is 2.03 bits per heavy atom. The van der Waals surface area contributed by atoms with E-state index < -0.39 is 0 Å². The van der Waals surface area contributed by atoms with Gasteiger partial charge in [-0.05, 0) is 31.2 Å². The van der Waals surface area contributed by atoms with E-state index in [1.165, 1.54) is 10.9 Å². The Morgan fingerprint density at radius 3 is 2.81 bits per heavy atom. The maximum atomic E-state index is 13.4. The molecule has 10 heteroatoms. The van der Waals surface area contributed by atoms with Crippen molar-refractivity contribution in [2.45, 2.75) is 20.0 Å². The van der Waals surface area contributed by atoms with E-state index in [9.17, 15) is 9.59 Å². The lowest BCUT2D eigenvalue weighted by Gasteiger charge is -2.09. The first-order valence-electron chi connectivity index (χ1n) is 9.80. The van der Waals surface area contributed by atoms with Crippen molar-refractivity contribution < 1.29 is 9.32 Å². The van der Waals surface area contributed by atoms with Crippen molar-refractivity contribution in [3.8, 4) is 0 Å². The molecule has 32 heavy (non-hydrogen) atoms. The molecule has 1 N–H and O–H groups in total. The van der Waals surface area contributed by atoms with Crippen LogP contribution in [0.1, 0.15) is 11.7 Å². The van der Waals surface area contributed by atoms with E-state index in [2.05, 4.69) is 20.4 Å². The third kappa shape index (κ3) is 3.63. The summed E-state index contributed by atoms with van der Waals surface area (Å²) in [5, 5.41) is 7.88. The largest absolute Gasteiger partial charge is 0.337 e. The van der Waals surface area contributed by atoms with Gasteiger partial charge in [-0.15, -0.1) is 0 Å². The predicted octanol–water partition coefficient (Wildman–Crippen LogP) is 3.38. The number of rotatable bonds is 5. The molecule has 0 radical (unpaired) electrons. The third-order valence-corrected chi connectivity index (χ3v) is 5.25. The summed E-state index contributed by atoms with van der Waals surface area (Å²) in [6, 6.07) is 14.3. The highest BCUT2D eigenvalue weighted by molar-refractivity contribution is 6.30. The Labute approximate surface area is 186 Å². The molecule has 0 saturated carbocycles. The van der Waals surface area contributed by atoms with Gasteiger partial charge in [-0.3, -0.25) is 14.2 Å². The third-order valence-electron chi connectivity index (χ3n) is 5.02. The van der Waals surface area contributed by atoms with Crippen molar-refractivity contribution in [3.63, 3.8) is 0 Å². The average Bonchev–Trinajstić information content (AvgIpc) is 3.32. The lowest BCUT2D eigenvalue weighted by atomic mass is 10.2. The molecule has 160 valence electrons. The minimum Gasteiger partial charge on any atom is -0.337 e. The van der Waals surface area contributed by atoms with Gasteiger partial charge >= 0.3 is 0 Å². The van der Waals surface area contributed by atoms with Crippen molar-refractivity contribution in [1.29, 1.82) is 0 Å². The summed E-state index contributed by atoms with van der Waals surface area (Å²) in [5.74, 6) is 0.484. The number of aromatic nitrogens is 5. The van der Waals surface area contributed by atoms with Crippen LogP contribution < -0.4 is 10.9 Å². The molecular weight excluding hydrogens is 432 g/mol. The van der Waals surface area contributed by atoms with Gasteiger partial charge in [0.25, 0.3) is 5.56 Å². The minimum absolute atomic E-state index is 0.0723. The number of nitrogens with one attached hydrogen (secondary N) is 1. The first-order chi connectivity index (χ1) is 15.5. The van der Waals surface area contributed by atoms with Gasteiger partial charge in [-0.2, -0.15) is 4.98 Å². The van der Waals surface area contributed by atoms with Crippen LogP contribution in [0.5, 0.6) is 0 Å². The Bertz CT molecular complexity index is 1530. The Morgan fingerprint density at radius 1 is 1.19 bits per heavy atom. The van der Waals surface area contributed by atoms with Crippen LogP contribution >= 0.6 is 11.6 Å². The smallest absolute Gasteiger partial charge is 0.278 e. The quantitative estimate of drug-likeness (QED) is 0.441. The normalized spacial score (nSPS) is 11.3. The standard InChI is InChI=1S/C22H17ClN6O3/c1-13-25-19(32-27-13)11-28-12-24-20-16-7-2-3-8-17(16)29(21(20)22(28)31)10-18(30)26-15-6-4-5-14(23)9-15/h2-9,12H,10-11H2,1H3,(H,26,30). The number of anilines is 1. The Kier molecular flexibility index (Phi) is 4.95. The van der Waals surface area contributed by atoms with Gasteiger partial charge in [0.05, 0.1) is 11.8 Å². The number of halogens is 1. The number of fused-ring (bicyclic) bond motifs is 3. The van der Waals surface area contributed by atoms with E-state index in [0.717, 1.165) is 10.9 Å². The molecule has 5 aromatic rings. The molecule has 0 unspecified atom stereocenters. The van der Waals surface area contributed by atoms with Gasteiger partial charge in [0.1, 0.15) is 24.1 Å². The average molecular weight is 449 g/mol. The molecule has 3 heterocycles. The fourth-order valence-corrected chi connectivity index (χ4v) is 3.88. The summed E-state index contributed by atoms with van der Waals surface area (Å²) in [4.78, 5) is 34.9. The van der Waals surface area contributed by atoms with Crippen molar-refractivity contribution in [3.05, 3.63) is 81.9 Å². The summed E-state index contributed by atoms with van der Waals surface area (Å²) < 4.78 is 8.20. The molecule has 0 aliphatic rings. The van der Waals surface area contributed by atoms with Gasteiger partial charge in [-0.1, -0.05) is 41.0 Å². The number of para-hydroxylation sites is 1. The summed E-state index contributed by atoms with van der Waals surface area (Å²) in [5.41, 5.74) is 1.85. The topological polar surface area (TPSA) is 108 Å². The lowest BCUT2D eigenvalue weighted by Crippen LogP contribution is -2.25. The maximum absolute atomic E-state index is 13.4. The van der Waals surface area contributed by atoms with Crippen molar-refractivity contribution in [1.82, 2.24) is 24.3 Å². The van der Waals surface area contributed by atoms with Crippen LogP contribution in [0.15, 0.2) is 64.2 Å². The number of carbonyl (C=O) groups excluding carboxylic acids is 1. The zero-order valence-electron chi connectivity index (χ0n) is 16.9. The number of nitrogens with zero attached hydrogens (tertiary/aromatic N) is 5. The van der Waals surface area contributed by atoms with E-state index in [4.69, 9.17) is 16.1 Å². The van der Waals surface area contributed by atoms with Crippen LogP contribution in [-0.4, -0.2) is 30.2 Å². The van der Waals surface area contributed by atoms with E-state index in [0.29, 0.717) is 33.5 Å². The SMILES string of the molecule is Cc1noc(Cn2cnc3c4ccccc4n(CC(=O)Nc4cccc(Cl)c4)c3c2=O)n1. The minimum atomic E-state index is -0.308. The summed E-state index contributed by atoms with van der Waals surface area (Å²) in [7, 11) is 0. The summed E-state index contributed by atoms with van der Waals surface area (Å²) in [6.45, 7) is 1.71. The number of aryl methyl sites for hydroxylation is 1. The van der Waals surface area contributed by atoms with Crippen molar-refractivity contribution >= 4 is 45.1 Å². The molecule has 0 saturated heterocycles. The first-order valence-corrected chi connectivity index (χ1v) is 10.2. The summed E-state index contributed by atoms with van der Waals surface area (Å²) >= 11 is 6.01. The molecule has 3 aromatic heterocycles. The second kappa shape index (κ2) is 7.93. The second-order valence-electron chi connectivity index (χ2n) is 7.27. The molecule has 2 aromatic carbocycles. The molecular formula is C22H17ClN6O3.